The van der Waals surface area contributed by atoms with Gasteiger partial charge in [-0.15, -0.1) is 0 Å². The lowest BCUT2D eigenvalue weighted by Crippen LogP contribution is -2.33. The summed E-state index contributed by atoms with van der Waals surface area (Å²) in [4.78, 5) is 0.314. The molecule has 19 heavy (non-hydrogen) atoms. The largest absolute Gasteiger partial charge is 0.381 e. The van der Waals surface area contributed by atoms with Gasteiger partial charge in [0.1, 0.15) is 0 Å². The van der Waals surface area contributed by atoms with Crippen LogP contribution >= 0.6 is 15.9 Å². The lowest BCUT2D eigenvalue weighted by atomic mass is 10.2. The molecule has 0 amide bonds. The summed E-state index contributed by atoms with van der Waals surface area (Å²) in [5.74, 6) is 0. The monoisotopic (exact) mass is 347 g/mol. The average Bonchev–Trinajstić information content (AvgIpc) is 2.79. The molecule has 2 atom stereocenters. The van der Waals surface area contributed by atoms with Crippen LogP contribution in [0.2, 0.25) is 0 Å². The van der Waals surface area contributed by atoms with Crippen molar-refractivity contribution in [1.29, 1.82) is 0 Å². The fourth-order valence-electron chi connectivity index (χ4n) is 2.33. The molecule has 1 aromatic rings. The number of halogens is 1. The van der Waals surface area contributed by atoms with Crippen molar-refractivity contribution in [3.05, 3.63) is 28.2 Å². The second-order valence-electron chi connectivity index (χ2n) is 4.90. The summed E-state index contributed by atoms with van der Waals surface area (Å²) in [6, 6.07) is 5.02. The number of benzene rings is 1. The van der Waals surface area contributed by atoms with Gasteiger partial charge in [-0.2, -0.15) is 0 Å². The Balaban J connectivity index is 2.12. The minimum atomic E-state index is -3.44. The van der Waals surface area contributed by atoms with Crippen molar-refractivity contribution < 1.29 is 13.2 Å². The quantitative estimate of drug-likeness (QED) is 0.910. The molecule has 1 saturated carbocycles. The van der Waals surface area contributed by atoms with Crippen molar-refractivity contribution in [3.63, 3.8) is 0 Å². The Bertz CT molecular complexity index is 559. The van der Waals surface area contributed by atoms with E-state index in [1.807, 2.05) is 6.92 Å². The number of hydrogen-bond donors (Lipinski definition) is 1. The van der Waals surface area contributed by atoms with E-state index in [9.17, 15) is 8.42 Å². The smallest absolute Gasteiger partial charge is 0.240 e. The lowest BCUT2D eigenvalue weighted by Gasteiger charge is -2.14. The van der Waals surface area contributed by atoms with Crippen LogP contribution in [0.4, 0.5) is 0 Å². The van der Waals surface area contributed by atoms with E-state index in [0.717, 1.165) is 29.3 Å². The third-order valence-electron chi connectivity index (χ3n) is 3.48. The highest BCUT2D eigenvalue weighted by atomic mass is 79.9. The molecule has 0 aliphatic heterocycles. The minimum Gasteiger partial charge on any atom is -0.381 e. The zero-order chi connectivity index (χ0) is 14.0. The molecule has 0 bridgehead atoms. The fourth-order valence-corrected chi connectivity index (χ4v) is 3.95. The molecule has 0 saturated heterocycles. The summed E-state index contributed by atoms with van der Waals surface area (Å²) in [7, 11) is -1.77. The van der Waals surface area contributed by atoms with Crippen LogP contribution in [-0.4, -0.2) is 27.7 Å². The molecule has 106 valence electrons. The third-order valence-corrected chi connectivity index (χ3v) is 5.89. The molecular weight excluding hydrogens is 330 g/mol. The van der Waals surface area contributed by atoms with E-state index < -0.39 is 10.0 Å². The fraction of sp³-hybridized carbons (Fsp3) is 0.538. The number of rotatable bonds is 4. The number of sulfonamides is 1. The van der Waals surface area contributed by atoms with Crippen LogP contribution in [-0.2, 0) is 14.8 Å². The Kier molecular flexibility index (Phi) is 4.66. The summed E-state index contributed by atoms with van der Waals surface area (Å²) in [6.45, 7) is 1.87. The highest BCUT2D eigenvalue weighted by molar-refractivity contribution is 9.10. The first-order valence-electron chi connectivity index (χ1n) is 6.23. The SMILES string of the molecule is COC1CCC(NS(=O)(=O)c2ccc(Br)c(C)c2)C1. The minimum absolute atomic E-state index is 0.0288. The Hall–Kier alpha value is -0.430. The predicted octanol–water partition coefficient (Wildman–Crippen LogP) is 2.60. The van der Waals surface area contributed by atoms with Crippen LogP contribution in [0.3, 0.4) is 0 Å². The van der Waals surface area contributed by atoms with Crippen LogP contribution in [0.1, 0.15) is 24.8 Å². The second kappa shape index (κ2) is 5.91. The van der Waals surface area contributed by atoms with Crippen molar-refractivity contribution in [2.24, 2.45) is 0 Å². The zero-order valence-corrected chi connectivity index (χ0v) is 13.4. The maximum atomic E-state index is 12.3. The molecule has 2 unspecified atom stereocenters. The molecule has 1 aromatic carbocycles. The summed E-state index contributed by atoms with van der Waals surface area (Å²) < 4.78 is 33.5. The molecule has 1 N–H and O–H groups in total. The molecule has 1 fully saturated rings. The van der Waals surface area contributed by atoms with Crippen LogP contribution in [0.25, 0.3) is 0 Å². The maximum Gasteiger partial charge on any atom is 0.240 e. The van der Waals surface area contributed by atoms with Crippen LogP contribution in [0.15, 0.2) is 27.6 Å². The number of methoxy groups -OCH3 is 1. The Morgan fingerprint density at radius 1 is 1.37 bits per heavy atom. The van der Waals surface area contributed by atoms with Gasteiger partial charge < -0.3 is 4.74 Å². The number of hydrogen-bond acceptors (Lipinski definition) is 3. The molecule has 0 spiro atoms. The Morgan fingerprint density at radius 3 is 2.68 bits per heavy atom. The molecule has 1 aliphatic rings. The van der Waals surface area contributed by atoms with Gasteiger partial charge in [-0.25, -0.2) is 13.1 Å². The van der Waals surface area contributed by atoms with Crippen molar-refractivity contribution in [3.8, 4) is 0 Å². The van der Waals surface area contributed by atoms with Crippen molar-refractivity contribution >= 4 is 26.0 Å². The number of aryl methyl sites for hydroxylation is 1. The summed E-state index contributed by atoms with van der Waals surface area (Å²) >= 11 is 3.37. The van der Waals surface area contributed by atoms with E-state index in [1.54, 1.807) is 25.3 Å². The van der Waals surface area contributed by atoms with E-state index in [1.165, 1.54) is 0 Å². The highest BCUT2D eigenvalue weighted by Gasteiger charge is 2.28. The Morgan fingerprint density at radius 2 is 2.11 bits per heavy atom. The van der Waals surface area contributed by atoms with Crippen molar-refractivity contribution in [2.75, 3.05) is 7.11 Å². The highest BCUT2D eigenvalue weighted by Crippen LogP contribution is 2.24. The van der Waals surface area contributed by atoms with Crippen molar-refractivity contribution in [1.82, 2.24) is 4.72 Å². The topological polar surface area (TPSA) is 55.4 Å². The van der Waals surface area contributed by atoms with E-state index in [4.69, 9.17) is 4.74 Å². The second-order valence-corrected chi connectivity index (χ2v) is 7.47. The molecule has 6 heteroatoms. The molecule has 0 aromatic heterocycles. The number of ether oxygens (including phenoxy) is 1. The lowest BCUT2D eigenvalue weighted by molar-refractivity contribution is 0.107. The molecule has 0 heterocycles. The summed E-state index contributed by atoms with van der Waals surface area (Å²) in [5.41, 5.74) is 0.907. The normalized spacial score (nSPS) is 23.7. The number of nitrogens with one attached hydrogen (secondary N) is 1. The van der Waals surface area contributed by atoms with Crippen LogP contribution < -0.4 is 4.72 Å². The van der Waals surface area contributed by atoms with Crippen LogP contribution in [0, 0.1) is 6.92 Å². The van der Waals surface area contributed by atoms with Gasteiger partial charge in [-0.05, 0) is 49.9 Å². The van der Waals surface area contributed by atoms with E-state index in [-0.39, 0.29) is 12.1 Å². The van der Waals surface area contributed by atoms with Gasteiger partial charge in [-0.1, -0.05) is 15.9 Å². The molecule has 4 nitrogen and oxygen atoms in total. The van der Waals surface area contributed by atoms with Gasteiger partial charge in [-0.3, -0.25) is 0 Å². The van der Waals surface area contributed by atoms with Gasteiger partial charge in [0.05, 0.1) is 11.0 Å². The summed E-state index contributed by atoms with van der Waals surface area (Å²) in [6.07, 6.45) is 2.64. The maximum absolute atomic E-state index is 12.3. The first kappa shape index (κ1) is 15.0. The first-order chi connectivity index (χ1) is 8.92. The van der Waals surface area contributed by atoms with E-state index >= 15 is 0 Å². The van der Waals surface area contributed by atoms with E-state index in [2.05, 4.69) is 20.7 Å². The third kappa shape index (κ3) is 3.56. The van der Waals surface area contributed by atoms with Gasteiger partial charge in [0, 0.05) is 17.6 Å². The molecule has 1 aliphatic carbocycles. The Labute approximate surface area is 122 Å². The molecule has 2 rings (SSSR count). The average molecular weight is 348 g/mol. The van der Waals surface area contributed by atoms with Gasteiger partial charge >= 0.3 is 0 Å². The predicted molar refractivity (Wildman–Crippen MR) is 77.6 cm³/mol. The van der Waals surface area contributed by atoms with Gasteiger partial charge in [0.25, 0.3) is 0 Å². The molecule has 0 radical (unpaired) electrons. The van der Waals surface area contributed by atoms with Crippen LogP contribution in [0.5, 0.6) is 0 Å². The van der Waals surface area contributed by atoms with Crippen molar-refractivity contribution in [2.45, 2.75) is 43.2 Å². The van der Waals surface area contributed by atoms with E-state index in [0.29, 0.717) is 4.90 Å². The van der Waals surface area contributed by atoms with Gasteiger partial charge in [0.2, 0.25) is 10.0 Å². The zero-order valence-electron chi connectivity index (χ0n) is 11.0. The molecular formula is C13H18BrNO3S. The standard InChI is InChI=1S/C13H18BrNO3S/c1-9-7-12(5-6-13(9)14)19(16,17)15-10-3-4-11(8-10)18-2/h5-7,10-11,15H,3-4,8H2,1-2H3. The first-order valence-corrected chi connectivity index (χ1v) is 8.51. The summed E-state index contributed by atoms with van der Waals surface area (Å²) in [5, 5.41) is 0. The van der Waals surface area contributed by atoms with Gasteiger partial charge in [0.15, 0.2) is 0 Å².